The van der Waals surface area contributed by atoms with E-state index in [-0.39, 0.29) is 5.75 Å². The van der Waals surface area contributed by atoms with Crippen molar-refractivity contribution in [1.82, 2.24) is 4.72 Å². The van der Waals surface area contributed by atoms with Gasteiger partial charge in [0.15, 0.2) is 0 Å². The van der Waals surface area contributed by atoms with E-state index in [1.807, 2.05) is 0 Å². The first-order valence-corrected chi connectivity index (χ1v) is 10.3. The quantitative estimate of drug-likeness (QED) is 0.711. The molecule has 0 aliphatic rings. The van der Waals surface area contributed by atoms with Gasteiger partial charge in [0, 0.05) is 28.9 Å². The molecule has 0 aromatic heterocycles. The predicted molar refractivity (Wildman–Crippen MR) is 76.5 cm³/mol. The highest BCUT2D eigenvalue weighted by Crippen LogP contribution is 2.18. The van der Waals surface area contributed by atoms with Crippen LogP contribution in [0.5, 0.6) is 0 Å². The van der Waals surface area contributed by atoms with Crippen LogP contribution in [0.2, 0.25) is 0 Å². The number of benzene rings is 1. The standard InChI is InChI=1S/C10H15FN2O5S3/c1-7(6-19(2)14)13-21(17,18)10-4-3-8(5-9(10)11)20(12,15)16/h3-5,7,13H,6H2,1-2H3,(H2,12,15,16). The Morgan fingerprint density at radius 1 is 1.33 bits per heavy atom. The summed E-state index contributed by atoms with van der Waals surface area (Å²) in [6.45, 7) is 1.48. The fourth-order valence-electron chi connectivity index (χ4n) is 1.59. The number of rotatable bonds is 6. The second kappa shape index (κ2) is 6.48. The van der Waals surface area contributed by atoms with Crippen LogP contribution in [-0.4, -0.2) is 39.1 Å². The van der Waals surface area contributed by atoms with Crippen molar-refractivity contribution < 1.29 is 25.4 Å². The maximum absolute atomic E-state index is 13.8. The number of nitrogens with two attached hydrogens (primary N) is 1. The molecule has 7 nitrogen and oxygen atoms in total. The fraction of sp³-hybridized carbons (Fsp3) is 0.400. The largest absolute Gasteiger partial charge is 0.260 e. The van der Waals surface area contributed by atoms with E-state index in [0.717, 1.165) is 12.1 Å². The van der Waals surface area contributed by atoms with E-state index in [0.29, 0.717) is 6.07 Å². The monoisotopic (exact) mass is 358 g/mol. The van der Waals surface area contributed by atoms with Crippen molar-refractivity contribution in [2.24, 2.45) is 5.14 Å². The molecular formula is C10H15FN2O5S3. The molecule has 3 N–H and O–H groups in total. The Labute approximate surface area is 125 Å². The minimum atomic E-state index is -4.19. The molecule has 0 radical (unpaired) electrons. The molecule has 1 rings (SSSR count). The van der Waals surface area contributed by atoms with Gasteiger partial charge in [0.1, 0.15) is 10.7 Å². The minimum absolute atomic E-state index is 0.0656. The first kappa shape index (κ1) is 18.2. The molecule has 2 atom stereocenters. The van der Waals surface area contributed by atoms with Gasteiger partial charge in [0.05, 0.1) is 4.90 Å². The maximum Gasteiger partial charge on any atom is 0.243 e. The zero-order chi connectivity index (χ0) is 16.4. The normalized spacial score (nSPS) is 15.6. The summed E-state index contributed by atoms with van der Waals surface area (Å²) < 4.78 is 73.0. The average Bonchev–Trinajstić information content (AvgIpc) is 2.24. The van der Waals surface area contributed by atoms with Crippen LogP contribution in [0.1, 0.15) is 6.92 Å². The molecule has 21 heavy (non-hydrogen) atoms. The van der Waals surface area contributed by atoms with Gasteiger partial charge < -0.3 is 0 Å². The third-order valence-electron chi connectivity index (χ3n) is 2.36. The molecule has 0 amide bonds. The van der Waals surface area contributed by atoms with Crippen molar-refractivity contribution in [2.45, 2.75) is 22.8 Å². The molecule has 2 unspecified atom stereocenters. The maximum atomic E-state index is 13.8. The minimum Gasteiger partial charge on any atom is -0.260 e. The van der Waals surface area contributed by atoms with Gasteiger partial charge in [-0.15, -0.1) is 0 Å². The highest BCUT2D eigenvalue weighted by atomic mass is 32.2. The van der Waals surface area contributed by atoms with E-state index in [1.54, 1.807) is 0 Å². The Kier molecular flexibility index (Phi) is 5.61. The van der Waals surface area contributed by atoms with Crippen LogP contribution in [0.4, 0.5) is 4.39 Å². The van der Waals surface area contributed by atoms with E-state index in [9.17, 15) is 25.4 Å². The van der Waals surface area contributed by atoms with Gasteiger partial charge in [0.2, 0.25) is 20.0 Å². The van der Waals surface area contributed by atoms with Gasteiger partial charge in [-0.25, -0.2) is 31.1 Å². The SMILES string of the molecule is CC(CS(C)=O)NS(=O)(=O)c1ccc(S(N)(=O)=O)cc1F. The van der Waals surface area contributed by atoms with Gasteiger partial charge in [0.25, 0.3) is 0 Å². The third kappa shape index (κ3) is 5.11. The van der Waals surface area contributed by atoms with E-state index in [1.165, 1.54) is 13.2 Å². The summed E-state index contributed by atoms with van der Waals surface area (Å²) in [6.07, 6.45) is 1.41. The molecule has 0 saturated carbocycles. The van der Waals surface area contributed by atoms with Crippen molar-refractivity contribution >= 4 is 30.8 Å². The Hall–Kier alpha value is -0.880. The molecule has 0 fully saturated rings. The van der Waals surface area contributed by atoms with Crippen LogP contribution in [0, 0.1) is 5.82 Å². The first-order chi connectivity index (χ1) is 9.43. The Bertz CT molecular complexity index is 761. The second-order valence-electron chi connectivity index (χ2n) is 4.40. The molecule has 1 aromatic carbocycles. The topological polar surface area (TPSA) is 123 Å². The second-order valence-corrected chi connectivity index (χ2v) is 9.12. The van der Waals surface area contributed by atoms with E-state index < -0.39 is 52.5 Å². The predicted octanol–water partition coefficient (Wildman–Crippen LogP) is -0.482. The lowest BCUT2D eigenvalue weighted by Crippen LogP contribution is -2.36. The van der Waals surface area contributed by atoms with Crippen molar-refractivity contribution in [3.05, 3.63) is 24.0 Å². The smallest absolute Gasteiger partial charge is 0.243 e. The molecule has 11 heteroatoms. The number of hydrogen-bond acceptors (Lipinski definition) is 5. The van der Waals surface area contributed by atoms with Crippen molar-refractivity contribution in [2.75, 3.05) is 12.0 Å². The van der Waals surface area contributed by atoms with Gasteiger partial charge in [-0.1, -0.05) is 0 Å². The number of halogens is 1. The Morgan fingerprint density at radius 3 is 2.33 bits per heavy atom. The molecule has 120 valence electrons. The lowest BCUT2D eigenvalue weighted by molar-refractivity contribution is 0.546. The summed E-state index contributed by atoms with van der Waals surface area (Å²) >= 11 is 0. The number of sulfonamides is 2. The van der Waals surface area contributed by atoms with E-state index in [4.69, 9.17) is 5.14 Å². The van der Waals surface area contributed by atoms with Gasteiger partial charge in [-0.3, -0.25) is 4.21 Å². The van der Waals surface area contributed by atoms with E-state index >= 15 is 0 Å². The summed E-state index contributed by atoms with van der Waals surface area (Å²) in [6, 6.07) is 1.58. The molecule has 1 aromatic rings. The zero-order valence-corrected chi connectivity index (χ0v) is 13.7. The van der Waals surface area contributed by atoms with Crippen LogP contribution < -0.4 is 9.86 Å². The lowest BCUT2D eigenvalue weighted by Gasteiger charge is -2.13. The fourth-order valence-corrected chi connectivity index (χ4v) is 4.31. The number of primary sulfonamides is 1. The average molecular weight is 358 g/mol. The first-order valence-electron chi connectivity index (χ1n) is 5.58. The van der Waals surface area contributed by atoms with Gasteiger partial charge in [-0.05, 0) is 25.1 Å². The van der Waals surface area contributed by atoms with Crippen molar-refractivity contribution in [3.8, 4) is 0 Å². The van der Waals surface area contributed by atoms with Crippen LogP contribution in [0.15, 0.2) is 28.0 Å². The van der Waals surface area contributed by atoms with Crippen molar-refractivity contribution in [3.63, 3.8) is 0 Å². The molecule has 0 heterocycles. The van der Waals surface area contributed by atoms with Crippen LogP contribution >= 0.6 is 0 Å². The summed E-state index contributed by atoms with van der Waals surface area (Å²) in [5.41, 5.74) is 0. The van der Waals surface area contributed by atoms with Crippen LogP contribution in [0.25, 0.3) is 0 Å². The summed E-state index contributed by atoms with van der Waals surface area (Å²) in [7, 11) is -9.54. The number of hydrogen-bond donors (Lipinski definition) is 2. The number of nitrogens with one attached hydrogen (secondary N) is 1. The molecule has 0 aliphatic heterocycles. The summed E-state index contributed by atoms with van der Waals surface area (Å²) in [5.74, 6) is -1.17. The Morgan fingerprint density at radius 2 is 1.90 bits per heavy atom. The summed E-state index contributed by atoms with van der Waals surface area (Å²) in [4.78, 5) is -1.23. The third-order valence-corrected chi connectivity index (χ3v) is 5.87. The zero-order valence-electron chi connectivity index (χ0n) is 11.2. The van der Waals surface area contributed by atoms with E-state index in [2.05, 4.69) is 4.72 Å². The van der Waals surface area contributed by atoms with Gasteiger partial charge in [-0.2, -0.15) is 0 Å². The molecule has 0 saturated heterocycles. The Balaban J connectivity index is 3.13. The highest BCUT2D eigenvalue weighted by Gasteiger charge is 2.23. The van der Waals surface area contributed by atoms with Gasteiger partial charge >= 0.3 is 0 Å². The van der Waals surface area contributed by atoms with Crippen molar-refractivity contribution in [1.29, 1.82) is 0 Å². The molecule has 0 aliphatic carbocycles. The van der Waals surface area contributed by atoms with Crippen LogP contribution in [-0.2, 0) is 30.8 Å². The molecule has 0 spiro atoms. The molecule has 0 bridgehead atoms. The summed E-state index contributed by atoms with van der Waals surface area (Å²) in [5, 5.41) is 4.83. The lowest BCUT2D eigenvalue weighted by atomic mass is 10.3. The van der Waals surface area contributed by atoms with Crippen LogP contribution in [0.3, 0.4) is 0 Å². The highest BCUT2D eigenvalue weighted by molar-refractivity contribution is 7.90. The molecular weight excluding hydrogens is 343 g/mol.